The van der Waals surface area contributed by atoms with Gasteiger partial charge in [-0.2, -0.15) is 0 Å². The number of unbranched alkanes of at least 4 members (excludes halogenated alkanes) is 38. The molecule has 0 aliphatic carbocycles. The Morgan fingerprint density at radius 3 is 1.23 bits per heavy atom. The Kier molecular flexibility index (Phi) is 50.7. The van der Waals surface area contributed by atoms with Crippen LogP contribution in [0.2, 0.25) is 0 Å². The van der Waals surface area contributed by atoms with Crippen LogP contribution in [0, 0.1) is 0 Å². The van der Waals surface area contributed by atoms with Crippen LogP contribution in [0.25, 0.3) is 0 Å². The SMILES string of the molecule is CCCCCCC/C=C/CC/C=C/C(O)C(COC1OC(CO)C(O)C(O)C1O)NC(=O)CCCCCCCCCCCCCCCCCCC/C=C\C/C=C\CCCCCCCCCCCCCCCCC. The lowest BCUT2D eigenvalue weighted by molar-refractivity contribution is -0.302. The van der Waals surface area contributed by atoms with Gasteiger partial charge in [-0.3, -0.25) is 4.79 Å². The summed E-state index contributed by atoms with van der Waals surface area (Å²) in [7, 11) is 0. The summed E-state index contributed by atoms with van der Waals surface area (Å²) in [6, 6.07) is -0.820. The molecule has 428 valence electrons. The number of hydrogen-bond acceptors (Lipinski definition) is 8. The molecule has 6 N–H and O–H groups in total. The van der Waals surface area contributed by atoms with Crippen LogP contribution < -0.4 is 5.32 Å². The van der Waals surface area contributed by atoms with Crippen LogP contribution in [0.15, 0.2) is 48.6 Å². The van der Waals surface area contributed by atoms with Crippen molar-refractivity contribution in [2.24, 2.45) is 0 Å². The number of allylic oxidation sites excluding steroid dienone is 7. The fourth-order valence-corrected chi connectivity index (χ4v) is 9.91. The third kappa shape index (κ3) is 42.9. The first-order valence-corrected chi connectivity index (χ1v) is 31.4. The maximum atomic E-state index is 13.0. The number of nitrogens with one attached hydrogen (secondary N) is 1. The molecular weight excluding hydrogens is 911 g/mol. The molecule has 9 heteroatoms. The normalized spacial score (nSPS) is 19.4. The summed E-state index contributed by atoms with van der Waals surface area (Å²) < 4.78 is 11.2. The van der Waals surface area contributed by atoms with Crippen molar-refractivity contribution in [2.75, 3.05) is 13.2 Å². The highest BCUT2D eigenvalue weighted by molar-refractivity contribution is 5.76. The predicted molar refractivity (Wildman–Crippen MR) is 309 cm³/mol. The molecule has 0 saturated carbocycles. The third-order valence-electron chi connectivity index (χ3n) is 14.9. The molecule has 1 rings (SSSR count). The Balaban J connectivity index is 2.03. The predicted octanol–water partition coefficient (Wildman–Crippen LogP) is 16.1. The minimum Gasteiger partial charge on any atom is -0.394 e. The number of aliphatic hydroxyl groups excluding tert-OH is 5. The Morgan fingerprint density at radius 1 is 0.466 bits per heavy atom. The van der Waals surface area contributed by atoms with Gasteiger partial charge in [-0.15, -0.1) is 0 Å². The van der Waals surface area contributed by atoms with E-state index in [0.29, 0.717) is 6.42 Å². The van der Waals surface area contributed by atoms with E-state index in [4.69, 9.17) is 9.47 Å². The lowest BCUT2D eigenvalue weighted by Crippen LogP contribution is -2.60. The Morgan fingerprint density at radius 2 is 0.822 bits per heavy atom. The minimum atomic E-state index is -1.57. The molecule has 0 aromatic rings. The second-order valence-electron chi connectivity index (χ2n) is 21.8. The Hall–Kier alpha value is -1.85. The second-order valence-corrected chi connectivity index (χ2v) is 21.8. The molecule has 73 heavy (non-hydrogen) atoms. The number of carbonyl (C=O) groups is 1. The second kappa shape index (κ2) is 53.5. The molecule has 1 aliphatic heterocycles. The molecular formula is C64H119NO8. The molecule has 0 aromatic heterocycles. The summed E-state index contributed by atoms with van der Waals surface area (Å²) in [5, 5.41) is 54.3. The minimum absolute atomic E-state index is 0.186. The number of aliphatic hydroxyl groups is 5. The van der Waals surface area contributed by atoms with Crippen molar-refractivity contribution in [3.8, 4) is 0 Å². The van der Waals surface area contributed by atoms with Gasteiger partial charge in [0, 0.05) is 6.42 Å². The topological polar surface area (TPSA) is 149 Å². The van der Waals surface area contributed by atoms with Gasteiger partial charge >= 0.3 is 0 Å². The number of ether oxygens (including phenoxy) is 2. The van der Waals surface area contributed by atoms with Gasteiger partial charge in [0.2, 0.25) is 5.91 Å². The van der Waals surface area contributed by atoms with Gasteiger partial charge in [0.05, 0.1) is 25.4 Å². The van der Waals surface area contributed by atoms with E-state index >= 15 is 0 Å². The summed E-state index contributed by atoms with van der Waals surface area (Å²) >= 11 is 0. The highest BCUT2D eigenvalue weighted by Crippen LogP contribution is 2.23. The first-order chi connectivity index (χ1) is 35.8. The van der Waals surface area contributed by atoms with E-state index in [1.54, 1.807) is 6.08 Å². The largest absolute Gasteiger partial charge is 0.394 e. The standard InChI is InChI=1S/C64H119NO8/c1-3-5-7-9-11-13-15-16-17-18-19-20-21-22-23-24-25-26-27-28-29-30-31-32-33-34-35-36-37-38-39-40-41-42-44-46-48-50-52-54-60(68)65-57(56-72-64-63(71)62(70)61(69)59(55-66)73-64)58(67)53-51-49-47-45-43-14-12-10-8-6-4-2/h25-26,28-29,43,45,51,53,57-59,61-64,66-67,69-71H,3-24,27,30-42,44,46-50,52,54-56H2,1-2H3,(H,65,68)/b26-25-,29-28-,45-43+,53-51+. The summed E-state index contributed by atoms with van der Waals surface area (Å²) in [5.41, 5.74) is 0. The zero-order chi connectivity index (χ0) is 52.9. The highest BCUT2D eigenvalue weighted by atomic mass is 16.7. The van der Waals surface area contributed by atoms with Crippen molar-refractivity contribution in [2.45, 2.75) is 339 Å². The van der Waals surface area contributed by atoms with E-state index in [1.807, 2.05) is 6.08 Å². The van der Waals surface area contributed by atoms with Crippen molar-refractivity contribution in [3.05, 3.63) is 48.6 Å². The first-order valence-electron chi connectivity index (χ1n) is 31.4. The molecule has 1 aliphatic rings. The Labute approximate surface area is 450 Å². The number of amides is 1. The highest BCUT2D eigenvalue weighted by Gasteiger charge is 2.44. The van der Waals surface area contributed by atoms with E-state index in [-0.39, 0.29) is 12.5 Å². The van der Waals surface area contributed by atoms with Crippen molar-refractivity contribution in [1.29, 1.82) is 0 Å². The maximum Gasteiger partial charge on any atom is 0.220 e. The van der Waals surface area contributed by atoms with E-state index < -0.39 is 49.5 Å². The molecule has 7 unspecified atom stereocenters. The summed E-state index contributed by atoms with van der Waals surface area (Å²) in [4.78, 5) is 13.0. The average molecular weight is 1030 g/mol. The molecule has 9 nitrogen and oxygen atoms in total. The van der Waals surface area contributed by atoms with Crippen LogP contribution in [-0.4, -0.2) is 87.5 Å². The van der Waals surface area contributed by atoms with Gasteiger partial charge < -0.3 is 40.3 Å². The van der Waals surface area contributed by atoms with E-state index in [1.165, 1.54) is 231 Å². The van der Waals surface area contributed by atoms with Gasteiger partial charge in [-0.1, -0.05) is 274 Å². The molecule has 7 atom stereocenters. The van der Waals surface area contributed by atoms with Crippen molar-refractivity contribution in [3.63, 3.8) is 0 Å². The van der Waals surface area contributed by atoms with Gasteiger partial charge in [0.1, 0.15) is 24.4 Å². The lowest BCUT2D eigenvalue weighted by atomic mass is 9.99. The molecule has 0 aromatic carbocycles. The lowest BCUT2D eigenvalue weighted by Gasteiger charge is -2.40. The fourth-order valence-electron chi connectivity index (χ4n) is 9.91. The summed E-state index contributed by atoms with van der Waals surface area (Å²) in [6.45, 7) is 3.75. The third-order valence-corrected chi connectivity index (χ3v) is 14.9. The average Bonchev–Trinajstić information content (AvgIpc) is 3.39. The molecule has 1 amide bonds. The van der Waals surface area contributed by atoms with Gasteiger partial charge in [-0.25, -0.2) is 0 Å². The molecule has 1 saturated heterocycles. The van der Waals surface area contributed by atoms with Gasteiger partial charge in [0.25, 0.3) is 0 Å². The van der Waals surface area contributed by atoms with Crippen molar-refractivity contribution >= 4 is 5.91 Å². The quantitative estimate of drug-likeness (QED) is 0.0261. The van der Waals surface area contributed by atoms with Crippen LogP contribution in [0.4, 0.5) is 0 Å². The molecule has 1 fully saturated rings. The zero-order valence-electron chi connectivity index (χ0n) is 47.6. The number of rotatable bonds is 54. The van der Waals surface area contributed by atoms with Crippen molar-refractivity contribution in [1.82, 2.24) is 5.32 Å². The molecule has 0 radical (unpaired) electrons. The zero-order valence-corrected chi connectivity index (χ0v) is 47.6. The van der Waals surface area contributed by atoms with Crippen LogP contribution in [0.5, 0.6) is 0 Å². The van der Waals surface area contributed by atoms with Crippen LogP contribution in [0.1, 0.15) is 296 Å². The Bertz CT molecular complexity index is 1290. The maximum absolute atomic E-state index is 13.0. The smallest absolute Gasteiger partial charge is 0.220 e. The van der Waals surface area contributed by atoms with Crippen molar-refractivity contribution < 1.29 is 39.8 Å². The fraction of sp³-hybridized carbons (Fsp3) is 0.859. The van der Waals surface area contributed by atoms with Crippen LogP contribution in [0.3, 0.4) is 0 Å². The first kappa shape index (κ1) is 69.2. The van der Waals surface area contributed by atoms with Crippen LogP contribution >= 0.6 is 0 Å². The summed E-state index contributed by atoms with van der Waals surface area (Å²) in [5.74, 6) is -0.186. The van der Waals surface area contributed by atoms with E-state index in [2.05, 4.69) is 55.6 Å². The molecule has 0 spiro atoms. The van der Waals surface area contributed by atoms with E-state index in [0.717, 1.165) is 44.9 Å². The van der Waals surface area contributed by atoms with E-state index in [9.17, 15) is 30.3 Å². The summed E-state index contributed by atoms with van der Waals surface area (Å²) in [6.07, 6.45) is 65.2. The molecule has 1 heterocycles. The molecule has 0 bridgehead atoms. The van der Waals surface area contributed by atoms with Gasteiger partial charge in [-0.05, 0) is 64.2 Å². The monoisotopic (exact) mass is 1030 g/mol. The number of carbonyl (C=O) groups excluding carboxylic acids is 1. The number of hydrogen-bond donors (Lipinski definition) is 6. The van der Waals surface area contributed by atoms with Crippen LogP contribution in [-0.2, 0) is 14.3 Å². The van der Waals surface area contributed by atoms with Gasteiger partial charge in [0.15, 0.2) is 6.29 Å².